The second kappa shape index (κ2) is 3.58. The molecule has 4 heteroatoms. The zero-order valence-electron chi connectivity index (χ0n) is 8.31. The van der Waals surface area contributed by atoms with E-state index < -0.39 is 0 Å². The van der Waals surface area contributed by atoms with E-state index in [4.69, 9.17) is 21.1 Å². The molecule has 0 unspecified atom stereocenters. The molecular weight excluding hydrogens is 214 g/mol. The topological polar surface area (TPSA) is 30.5 Å². The van der Waals surface area contributed by atoms with Gasteiger partial charge in [-0.05, 0) is 30.2 Å². The van der Waals surface area contributed by atoms with Gasteiger partial charge in [-0.15, -0.1) is 0 Å². The first-order valence-corrected chi connectivity index (χ1v) is 5.54. The van der Waals surface area contributed by atoms with Gasteiger partial charge in [0.25, 0.3) is 0 Å². The molecule has 0 aliphatic carbocycles. The predicted molar refractivity (Wildman–Crippen MR) is 57.9 cm³/mol. The summed E-state index contributed by atoms with van der Waals surface area (Å²) in [5.41, 5.74) is 2.44. The molecule has 3 nitrogen and oxygen atoms in total. The van der Waals surface area contributed by atoms with Crippen LogP contribution in [0.5, 0.6) is 11.5 Å². The molecule has 1 N–H and O–H groups in total. The van der Waals surface area contributed by atoms with Crippen molar-refractivity contribution in [1.82, 2.24) is 5.32 Å². The first-order chi connectivity index (χ1) is 7.36. The molecule has 2 heterocycles. The Hall–Kier alpha value is -0.930. The smallest absolute Gasteiger partial charge is 0.180 e. The van der Waals surface area contributed by atoms with Crippen LogP contribution in [0.4, 0.5) is 0 Å². The van der Waals surface area contributed by atoms with E-state index in [9.17, 15) is 0 Å². The summed E-state index contributed by atoms with van der Waals surface area (Å²) in [5, 5.41) is 4.06. The van der Waals surface area contributed by atoms with Crippen LogP contribution in [0.3, 0.4) is 0 Å². The lowest BCUT2D eigenvalue weighted by molar-refractivity contribution is 0.171. The van der Waals surface area contributed by atoms with Gasteiger partial charge in [-0.2, -0.15) is 0 Å². The molecule has 0 bridgehead atoms. The van der Waals surface area contributed by atoms with Crippen molar-refractivity contribution < 1.29 is 9.47 Å². The Morgan fingerprint density at radius 3 is 3.07 bits per heavy atom. The summed E-state index contributed by atoms with van der Waals surface area (Å²) >= 11 is 6.31. The highest BCUT2D eigenvalue weighted by atomic mass is 35.5. The summed E-state index contributed by atoms with van der Waals surface area (Å²) in [6.45, 7) is 3.04. The van der Waals surface area contributed by atoms with Gasteiger partial charge in [0, 0.05) is 6.54 Å². The third-order valence-corrected chi connectivity index (χ3v) is 3.24. The van der Waals surface area contributed by atoms with Crippen LogP contribution in [0, 0.1) is 0 Å². The van der Waals surface area contributed by atoms with Crippen molar-refractivity contribution >= 4 is 11.6 Å². The normalized spacial score (nSPS) is 18.5. The number of benzene rings is 1. The first kappa shape index (κ1) is 9.31. The fourth-order valence-corrected chi connectivity index (χ4v) is 2.46. The maximum absolute atomic E-state index is 6.31. The predicted octanol–water partition coefficient (Wildman–Crippen LogP) is 1.76. The molecule has 80 valence electrons. The van der Waals surface area contributed by atoms with Gasteiger partial charge in [-0.1, -0.05) is 11.6 Å². The van der Waals surface area contributed by atoms with Crippen LogP contribution in [0.15, 0.2) is 6.07 Å². The van der Waals surface area contributed by atoms with E-state index in [2.05, 4.69) is 5.32 Å². The van der Waals surface area contributed by atoms with Crippen molar-refractivity contribution in [2.24, 2.45) is 0 Å². The van der Waals surface area contributed by atoms with Gasteiger partial charge >= 0.3 is 0 Å². The Bertz CT molecular complexity index is 372. The minimum Gasteiger partial charge on any atom is -0.486 e. The molecule has 2 aliphatic heterocycles. The lowest BCUT2D eigenvalue weighted by atomic mass is 10.00. The second-order valence-corrected chi connectivity index (χ2v) is 4.16. The number of ether oxygens (including phenoxy) is 2. The quantitative estimate of drug-likeness (QED) is 0.730. The number of rotatable bonds is 0. The summed E-state index contributed by atoms with van der Waals surface area (Å²) in [4.78, 5) is 0. The van der Waals surface area contributed by atoms with Crippen LogP contribution in [0.1, 0.15) is 11.1 Å². The highest BCUT2D eigenvalue weighted by Gasteiger charge is 2.22. The summed E-state index contributed by atoms with van der Waals surface area (Å²) < 4.78 is 11.1. The Morgan fingerprint density at radius 1 is 1.27 bits per heavy atom. The average molecular weight is 226 g/mol. The van der Waals surface area contributed by atoms with Crippen molar-refractivity contribution in [3.05, 3.63) is 22.2 Å². The molecule has 0 aromatic heterocycles. The first-order valence-electron chi connectivity index (χ1n) is 5.17. The minimum absolute atomic E-state index is 0.587. The lowest BCUT2D eigenvalue weighted by Crippen LogP contribution is -2.25. The summed E-state index contributed by atoms with van der Waals surface area (Å²) in [5.74, 6) is 1.51. The Balaban J connectivity index is 2.16. The molecule has 1 aromatic rings. The zero-order valence-corrected chi connectivity index (χ0v) is 9.06. The SMILES string of the molecule is Clc1c2c(cc3c1OCCO3)CNCC2. The van der Waals surface area contributed by atoms with E-state index in [0.29, 0.717) is 13.2 Å². The summed E-state index contributed by atoms with van der Waals surface area (Å²) in [7, 11) is 0. The van der Waals surface area contributed by atoms with Crippen molar-refractivity contribution in [3.63, 3.8) is 0 Å². The van der Waals surface area contributed by atoms with Gasteiger partial charge in [-0.25, -0.2) is 0 Å². The van der Waals surface area contributed by atoms with Gasteiger partial charge in [0.2, 0.25) is 0 Å². The number of hydrogen-bond acceptors (Lipinski definition) is 3. The van der Waals surface area contributed by atoms with E-state index in [1.807, 2.05) is 6.07 Å². The van der Waals surface area contributed by atoms with E-state index in [-0.39, 0.29) is 0 Å². The molecule has 0 spiro atoms. The fraction of sp³-hybridized carbons (Fsp3) is 0.455. The molecule has 0 saturated carbocycles. The molecule has 0 amide bonds. The number of hydrogen-bond donors (Lipinski definition) is 1. The number of fused-ring (bicyclic) bond motifs is 2. The van der Waals surface area contributed by atoms with Gasteiger partial charge in [0.1, 0.15) is 13.2 Å². The average Bonchev–Trinajstić information content (AvgIpc) is 2.30. The highest BCUT2D eigenvalue weighted by molar-refractivity contribution is 6.33. The summed E-state index contributed by atoms with van der Waals surface area (Å²) in [6, 6.07) is 2.04. The standard InChI is InChI=1S/C11H12ClNO2/c12-10-8-1-2-13-6-7(8)5-9-11(10)15-4-3-14-9/h5,13H,1-4,6H2. The van der Waals surface area contributed by atoms with E-state index in [1.165, 1.54) is 11.1 Å². The van der Waals surface area contributed by atoms with Gasteiger partial charge < -0.3 is 14.8 Å². The Labute approximate surface area is 93.3 Å². The van der Waals surface area contributed by atoms with Crippen LogP contribution in [0.25, 0.3) is 0 Å². The van der Waals surface area contributed by atoms with Crippen LogP contribution < -0.4 is 14.8 Å². The van der Waals surface area contributed by atoms with Crippen molar-refractivity contribution in [2.45, 2.75) is 13.0 Å². The minimum atomic E-state index is 0.587. The molecular formula is C11H12ClNO2. The second-order valence-electron chi connectivity index (χ2n) is 3.78. The lowest BCUT2D eigenvalue weighted by Gasteiger charge is -2.25. The number of halogens is 1. The van der Waals surface area contributed by atoms with Crippen molar-refractivity contribution in [3.8, 4) is 11.5 Å². The third-order valence-electron chi connectivity index (χ3n) is 2.84. The van der Waals surface area contributed by atoms with Crippen molar-refractivity contribution in [1.29, 1.82) is 0 Å². The van der Waals surface area contributed by atoms with Gasteiger partial charge in [0.15, 0.2) is 11.5 Å². The Morgan fingerprint density at radius 2 is 2.13 bits per heavy atom. The molecule has 0 atom stereocenters. The van der Waals surface area contributed by atoms with Crippen molar-refractivity contribution in [2.75, 3.05) is 19.8 Å². The molecule has 3 rings (SSSR count). The highest BCUT2D eigenvalue weighted by Crippen LogP contribution is 2.42. The molecule has 2 aliphatic rings. The van der Waals surface area contributed by atoms with Gasteiger partial charge in [-0.3, -0.25) is 0 Å². The van der Waals surface area contributed by atoms with E-state index >= 15 is 0 Å². The van der Waals surface area contributed by atoms with Crippen LogP contribution in [-0.4, -0.2) is 19.8 Å². The molecule has 0 saturated heterocycles. The third kappa shape index (κ3) is 1.46. The monoisotopic (exact) mass is 225 g/mol. The van der Waals surface area contributed by atoms with Crippen LogP contribution >= 0.6 is 11.6 Å². The fourth-order valence-electron chi connectivity index (χ4n) is 2.10. The molecule has 1 aromatic carbocycles. The molecule has 0 radical (unpaired) electrons. The van der Waals surface area contributed by atoms with E-state index in [0.717, 1.165) is 36.0 Å². The zero-order chi connectivity index (χ0) is 10.3. The number of nitrogens with one attached hydrogen (secondary N) is 1. The Kier molecular flexibility index (Phi) is 2.22. The molecule has 15 heavy (non-hydrogen) atoms. The van der Waals surface area contributed by atoms with E-state index in [1.54, 1.807) is 0 Å². The van der Waals surface area contributed by atoms with Crippen LogP contribution in [0.2, 0.25) is 5.02 Å². The largest absolute Gasteiger partial charge is 0.486 e. The molecule has 0 fully saturated rings. The maximum atomic E-state index is 6.31. The summed E-state index contributed by atoms with van der Waals surface area (Å²) in [6.07, 6.45) is 0.963. The van der Waals surface area contributed by atoms with Gasteiger partial charge in [0.05, 0.1) is 5.02 Å². The maximum Gasteiger partial charge on any atom is 0.180 e. The van der Waals surface area contributed by atoms with Crippen LogP contribution in [-0.2, 0) is 13.0 Å².